The number of nitrogens with zero attached hydrogens (tertiary/aromatic N) is 1. The highest BCUT2D eigenvalue weighted by atomic mass is 16.7. The molecule has 0 fully saturated rings. The normalized spacial score (nSPS) is 18.4. The van der Waals surface area contributed by atoms with Crippen molar-refractivity contribution in [2.45, 2.75) is 19.4 Å². The molecule has 0 saturated heterocycles. The van der Waals surface area contributed by atoms with Gasteiger partial charge in [-0.05, 0) is 36.8 Å². The lowest BCUT2D eigenvalue weighted by molar-refractivity contribution is -0.148. The number of carbonyl (C=O) groups is 1. The van der Waals surface area contributed by atoms with E-state index in [1.54, 1.807) is 0 Å². The van der Waals surface area contributed by atoms with Crippen LogP contribution in [0.4, 0.5) is 0 Å². The maximum Gasteiger partial charge on any atom is 0.348 e. The molecule has 2 rings (SSSR count). The largest absolute Gasteiger partial charge is 0.494 e. The monoisotopic (exact) mass is 235 g/mol. The van der Waals surface area contributed by atoms with Gasteiger partial charge in [-0.2, -0.15) is 0 Å². The number of carboxylic acids is 1. The second kappa shape index (κ2) is 4.86. The van der Waals surface area contributed by atoms with Crippen molar-refractivity contribution in [3.63, 3.8) is 0 Å². The molecule has 1 aromatic carbocycles. The Morgan fingerprint density at radius 2 is 2.24 bits per heavy atom. The SMILES string of the molecule is CCOc1ccc(C2=NOC(C(=O)O)C2)cc1. The molecule has 0 radical (unpaired) electrons. The second-order valence-corrected chi connectivity index (χ2v) is 3.63. The Balaban J connectivity index is 2.06. The van der Waals surface area contributed by atoms with E-state index in [0.29, 0.717) is 18.7 Å². The van der Waals surface area contributed by atoms with Crippen LogP contribution in [0, 0.1) is 0 Å². The molecule has 5 nitrogen and oxygen atoms in total. The van der Waals surface area contributed by atoms with Gasteiger partial charge in [0.2, 0.25) is 6.10 Å². The Labute approximate surface area is 98.6 Å². The van der Waals surface area contributed by atoms with E-state index in [2.05, 4.69) is 5.16 Å². The molecular weight excluding hydrogens is 222 g/mol. The van der Waals surface area contributed by atoms with Gasteiger partial charge < -0.3 is 14.7 Å². The van der Waals surface area contributed by atoms with Crippen LogP contribution >= 0.6 is 0 Å². The van der Waals surface area contributed by atoms with Crippen LogP contribution in [-0.4, -0.2) is 29.5 Å². The Kier molecular flexibility index (Phi) is 3.27. The minimum Gasteiger partial charge on any atom is -0.494 e. The number of hydrogen-bond donors (Lipinski definition) is 1. The van der Waals surface area contributed by atoms with Gasteiger partial charge in [-0.3, -0.25) is 0 Å². The average molecular weight is 235 g/mol. The first-order chi connectivity index (χ1) is 8.20. The Bertz CT molecular complexity index is 438. The van der Waals surface area contributed by atoms with E-state index in [9.17, 15) is 4.79 Å². The summed E-state index contributed by atoms with van der Waals surface area (Å²) in [5.41, 5.74) is 1.51. The topological polar surface area (TPSA) is 68.1 Å². The minimum atomic E-state index is -0.991. The lowest BCUT2D eigenvalue weighted by Crippen LogP contribution is -2.19. The summed E-state index contributed by atoms with van der Waals surface area (Å²) in [5, 5.41) is 12.6. The zero-order valence-corrected chi connectivity index (χ0v) is 9.42. The van der Waals surface area contributed by atoms with E-state index < -0.39 is 12.1 Å². The molecule has 0 amide bonds. The fourth-order valence-corrected chi connectivity index (χ4v) is 1.59. The van der Waals surface area contributed by atoms with E-state index in [0.717, 1.165) is 11.3 Å². The third kappa shape index (κ3) is 2.55. The first kappa shape index (κ1) is 11.4. The van der Waals surface area contributed by atoms with Crippen molar-refractivity contribution in [1.29, 1.82) is 0 Å². The van der Waals surface area contributed by atoms with Gasteiger partial charge in [-0.25, -0.2) is 4.79 Å². The van der Waals surface area contributed by atoms with E-state index in [1.165, 1.54) is 0 Å². The number of benzene rings is 1. The summed E-state index contributed by atoms with van der Waals surface area (Å²) < 4.78 is 5.32. The molecule has 1 unspecified atom stereocenters. The second-order valence-electron chi connectivity index (χ2n) is 3.63. The lowest BCUT2D eigenvalue weighted by Gasteiger charge is -2.04. The Morgan fingerprint density at radius 3 is 2.76 bits per heavy atom. The van der Waals surface area contributed by atoms with Crippen LogP contribution in [0.15, 0.2) is 29.4 Å². The number of rotatable bonds is 4. The summed E-state index contributed by atoms with van der Waals surface area (Å²) in [7, 11) is 0. The number of ether oxygens (including phenoxy) is 1. The summed E-state index contributed by atoms with van der Waals surface area (Å²) in [5.74, 6) is -0.208. The highest BCUT2D eigenvalue weighted by Gasteiger charge is 2.28. The zero-order chi connectivity index (χ0) is 12.3. The Morgan fingerprint density at radius 1 is 1.53 bits per heavy atom. The molecule has 0 bridgehead atoms. The van der Waals surface area contributed by atoms with E-state index >= 15 is 0 Å². The predicted octanol–water partition coefficient (Wildman–Crippen LogP) is 1.66. The van der Waals surface area contributed by atoms with Gasteiger partial charge in [0.1, 0.15) is 5.75 Å². The van der Waals surface area contributed by atoms with Crippen LogP contribution in [0.1, 0.15) is 18.9 Å². The predicted molar refractivity (Wildman–Crippen MR) is 61.3 cm³/mol. The highest BCUT2D eigenvalue weighted by molar-refractivity contribution is 6.03. The van der Waals surface area contributed by atoms with Crippen molar-refractivity contribution < 1.29 is 19.5 Å². The summed E-state index contributed by atoms with van der Waals surface area (Å²) in [6.07, 6.45) is -0.569. The third-order valence-corrected chi connectivity index (χ3v) is 2.44. The molecule has 5 heteroatoms. The van der Waals surface area contributed by atoms with Crippen LogP contribution in [0.25, 0.3) is 0 Å². The number of aliphatic carboxylic acids is 1. The van der Waals surface area contributed by atoms with Gasteiger partial charge >= 0.3 is 5.97 Å². The van der Waals surface area contributed by atoms with Crippen molar-refractivity contribution in [3.05, 3.63) is 29.8 Å². The molecule has 1 aromatic rings. The van der Waals surface area contributed by atoms with Gasteiger partial charge in [-0.15, -0.1) is 0 Å². The molecule has 0 saturated carbocycles. The molecular formula is C12H13NO4. The quantitative estimate of drug-likeness (QED) is 0.861. The third-order valence-electron chi connectivity index (χ3n) is 2.44. The van der Waals surface area contributed by atoms with Crippen LogP contribution < -0.4 is 4.74 Å². The Hall–Kier alpha value is -2.04. The van der Waals surface area contributed by atoms with Gasteiger partial charge in [-0.1, -0.05) is 5.16 Å². The lowest BCUT2D eigenvalue weighted by atomic mass is 10.1. The summed E-state index contributed by atoms with van der Waals surface area (Å²) in [4.78, 5) is 15.5. The summed E-state index contributed by atoms with van der Waals surface area (Å²) >= 11 is 0. The van der Waals surface area contributed by atoms with Crippen LogP contribution in [0.3, 0.4) is 0 Å². The first-order valence-corrected chi connectivity index (χ1v) is 5.39. The molecule has 1 N–H and O–H groups in total. The van der Waals surface area contributed by atoms with Crippen molar-refractivity contribution in [2.24, 2.45) is 5.16 Å². The van der Waals surface area contributed by atoms with Crippen molar-refractivity contribution in [3.8, 4) is 5.75 Å². The fourth-order valence-electron chi connectivity index (χ4n) is 1.59. The molecule has 1 atom stereocenters. The molecule has 0 aromatic heterocycles. The average Bonchev–Trinajstić information content (AvgIpc) is 2.80. The summed E-state index contributed by atoms with van der Waals surface area (Å²) in [6, 6.07) is 7.35. The van der Waals surface area contributed by atoms with Crippen LogP contribution in [-0.2, 0) is 9.63 Å². The van der Waals surface area contributed by atoms with Crippen molar-refractivity contribution in [2.75, 3.05) is 6.61 Å². The zero-order valence-electron chi connectivity index (χ0n) is 9.42. The number of oxime groups is 1. The molecule has 1 aliphatic heterocycles. The highest BCUT2D eigenvalue weighted by Crippen LogP contribution is 2.19. The smallest absolute Gasteiger partial charge is 0.348 e. The van der Waals surface area contributed by atoms with Crippen molar-refractivity contribution >= 4 is 11.7 Å². The van der Waals surface area contributed by atoms with Gasteiger partial charge in [0, 0.05) is 6.42 Å². The number of hydrogen-bond acceptors (Lipinski definition) is 4. The van der Waals surface area contributed by atoms with E-state index in [1.807, 2.05) is 31.2 Å². The van der Waals surface area contributed by atoms with Crippen LogP contribution in [0.2, 0.25) is 0 Å². The van der Waals surface area contributed by atoms with E-state index in [4.69, 9.17) is 14.7 Å². The summed E-state index contributed by atoms with van der Waals surface area (Å²) in [6.45, 7) is 2.53. The molecule has 17 heavy (non-hydrogen) atoms. The molecule has 0 aliphatic carbocycles. The molecule has 90 valence electrons. The molecule has 1 heterocycles. The first-order valence-electron chi connectivity index (χ1n) is 5.39. The maximum absolute atomic E-state index is 10.7. The van der Waals surface area contributed by atoms with Crippen molar-refractivity contribution in [1.82, 2.24) is 0 Å². The van der Waals surface area contributed by atoms with Gasteiger partial charge in [0.25, 0.3) is 0 Å². The standard InChI is InChI=1S/C12H13NO4/c1-2-16-9-5-3-8(4-6-9)10-7-11(12(14)15)17-13-10/h3-6,11H,2,7H2,1H3,(H,14,15). The minimum absolute atomic E-state index is 0.295. The van der Waals surface area contributed by atoms with Crippen LogP contribution in [0.5, 0.6) is 5.75 Å². The maximum atomic E-state index is 10.7. The number of carboxylic acid groups (broad SMARTS) is 1. The molecule has 0 spiro atoms. The van der Waals surface area contributed by atoms with E-state index in [-0.39, 0.29) is 0 Å². The fraction of sp³-hybridized carbons (Fsp3) is 0.333. The molecule has 1 aliphatic rings. The van der Waals surface area contributed by atoms with Gasteiger partial charge in [0.05, 0.1) is 12.3 Å². The van der Waals surface area contributed by atoms with Gasteiger partial charge in [0.15, 0.2) is 0 Å².